The van der Waals surface area contributed by atoms with Crippen LogP contribution in [0.3, 0.4) is 0 Å². The number of hydrogen-bond acceptors (Lipinski definition) is 3. The largest absolute Gasteiger partial charge is 0.497 e. The average Bonchev–Trinajstić information content (AvgIpc) is 2.57. The second kappa shape index (κ2) is 6.63. The zero-order valence-corrected chi connectivity index (χ0v) is 14.4. The first kappa shape index (κ1) is 15.9. The minimum Gasteiger partial charge on any atom is -0.497 e. The summed E-state index contributed by atoms with van der Waals surface area (Å²) in [6, 6.07) is 11.0. The number of benzene rings is 2. The topological polar surface area (TPSA) is 30.5 Å². The molecule has 2 aromatic carbocycles. The predicted octanol–water partition coefficient (Wildman–Crippen LogP) is 3.95. The minimum atomic E-state index is 0.172. The van der Waals surface area contributed by atoms with E-state index >= 15 is 0 Å². The normalized spacial score (nSPS) is 16.8. The SMILES string of the molecule is CCOc1cc(C)c(C)cc1C1NCCc2cc(OC)ccc21. The van der Waals surface area contributed by atoms with Gasteiger partial charge in [0.1, 0.15) is 11.5 Å². The van der Waals surface area contributed by atoms with Gasteiger partial charge in [0.2, 0.25) is 0 Å². The van der Waals surface area contributed by atoms with Crippen LogP contribution in [-0.4, -0.2) is 20.3 Å². The Morgan fingerprint density at radius 1 is 1.09 bits per heavy atom. The Balaban J connectivity index is 2.08. The van der Waals surface area contributed by atoms with Gasteiger partial charge in [-0.05, 0) is 67.6 Å². The van der Waals surface area contributed by atoms with Crippen molar-refractivity contribution in [2.45, 2.75) is 33.2 Å². The molecule has 122 valence electrons. The first-order chi connectivity index (χ1) is 11.1. The molecule has 1 N–H and O–H groups in total. The van der Waals surface area contributed by atoms with Crippen LogP contribution in [0.1, 0.15) is 40.8 Å². The standard InChI is InChI=1S/C20H25NO2/c1-5-23-19-11-14(3)13(2)10-18(19)20-17-7-6-16(22-4)12-15(17)8-9-21-20/h6-7,10-12,20-21H,5,8-9H2,1-4H3. The van der Waals surface area contributed by atoms with Crippen molar-refractivity contribution >= 4 is 0 Å². The maximum absolute atomic E-state index is 5.92. The molecule has 23 heavy (non-hydrogen) atoms. The molecule has 3 heteroatoms. The summed E-state index contributed by atoms with van der Waals surface area (Å²) in [7, 11) is 1.72. The summed E-state index contributed by atoms with van der Waals surface area (Å²) < 4.78 is 11.3. The second-order valence-corrected chi connectivity index (χ2v) is 6.11. The van der Waals surface area contributed by atoms with Crippen LogP contribution in [0, 0.1) is 13.8 Å². The maximum atomic E-state index is 5.92. The molecule has 0 saturated carbocycles. The van der Waals surface area contributed by atoms with Crippen LogP contribution in [0.15, 0.2) is 30.3 Å². The number of hydrogen-bond donors (Lipinski definition) is 1. The van der Waals surface area contributed by atoms with Crippen molar-refractivity contribution in [1.82, 2.24) is 5.32 Å². The van der Waals surface area contributed by atoms with Gasteiger partial charge in [0.15, 0.2) is 0 Å². The zero-order chi connectivity index (χ0) is 16.4. The molecule has 3 nitrogen and oxygen atoms in total. The lowest BCUT2D eigenvalue weighted by molar-refractivity contribution is 0.332. The summed E-state index contributed by atoms with van der Waals surface area (Å²) in [5, 5.41) is 3.65. The highest BCUT2D eigenvalue weighted by Crippen LogP contribution is 2.36. The van der Waals surface area contributed by atoms with E-state index in [-0.39, 0.29) is 6.04 Å². The van der Waals surface area contributed by atoms with Crippen LogP contribution in [0.2, 0.25) is 0 Å². The van der Waals surface area contributed by atoms with Crippen molar-refractivity contribution in [3.05, 3.63) is 58.1 Å². The molecule has 1 aliphatic rings. The fourth-order valence-corrected chi connectivity index (χ4v) is 3.26. The maximum Gasteiger partial charge on any atom is 0.124 e. The molecule has 1 heterocycles. The van der Waals surface area contributed by atoms with E-state index in [1.54, 1.807) is 7.11 Å². The summed E-state index contributed by atoms with van der Waals surface area (Å²) in [4.78, 5) is 0. The molecule has 1 aliphatic heterocycles. The van der Waals surface area contributed by atoms with Crippen molar-refractivity contribution in [3.8, 4) is 11.5 Å². The summed E-state index contributed by atoms with van der Waals surface area (Å²) in [5.41, 5.74) is 6.46. The Morgan fingerprint density at radius 2 is 1.87 bits per heavy atom. The van der Waals surface area contributed by atoms with Gasteiger partial charge in [0.05, 0.1) is 19.8 Å². The van der Waals surface area contributed by atoms with E-state index in [4.69, 9.17) is 9.47 Å². The van der Waals surface area contributed by atoms with Gasteiger partial charge < -0.3 is 14.8 Å². The quantitative estimate of drug-likeness (QED) is 0.927. The molecule has 1 atom stereocenters. The molecule has 1 unspecified atom stereocenters. The lowest BCUT2D eigenvalue weighted by atomic mass is 9.88. The minimum absolute atomic E-state index is 0.172. The van der Waals surface area contributed by atoms with Crippen LogP contribution in [0.5, 0.6) is 11.5 Å². The lowest BCUT2D eigenvalue weighted by Crippen LogP contribution is -2.31. The van der Waals surface area contributed by atoms with Crippen LogP contribution < -0.4 is 14.8 Å². The van der Waals surface area contributed by atoms with Crippen LogP contribution in [-0.2, 0) is 6.42 Å². The predicted molar refractivity (Wildman–Crippen MR) is 93.6 cm³/mol. The fraction of sp³-hybridized carbons (Fsp3) is 0.400. The summed E-state index contributed by atoms with van der Waals surface area (Å²) >= 11 is 0. The Morgan fingerprint density at radius 3 is 2.61 bits per heavy atom. The van der Waals surface area contributed by atoms with E-state index in [0.717, 1.165) is 24.5 Å². The fourth-order valence-electron chi connectivity index (χ4n) is 3.26. The Kier molecular flexibility index (Phi) is 4.58. The number of methoxy groups -OCH3 is 1. The average molecular weight is 311 g/mol. The highest BCUT2D eigenvalue weighted by Gasteiger charge is 2.25. The molecule has 0 amide bonds. The van der Waals surface area contributed by atoms with Crippen molar-refractivity contribution < 1.29 is 9.47 Å². The highest BCUT2D eigenvalue weighted by molar-refractivity contribution is 5.50. The number of ether oxygens (including phenoxy) is 2. The van der Waals surface area contributed by atoms with Gasteiger partial charge in [0.25, 0.3) is 0 Å². The molecular formula is C20H25NO2. The van der Waals surface area contributed by atoms with Gasteiger partial charge >= 0.3 is 0 Å². The molecule has 0 saturated heterocycles. The second-order valence-electron chi connectivity index (χ2n) is 6.11. The van der Waals surface area contributed by atoms with Crippen molar-refractivity contribution in [3.63, 3.8) is 0 Å². The van der Waals surface area contributed by atoms with E-state index in [2.05, 4.69) is 43.4 Å². The van der Waals surface area contributed by atoms with Gasteiger partial charge in [-0.1, -0.05) is 12.1 Å². The smallest absolute Gasteiger partial charge is 0.124 e. The molecule has 3 rings (SSSR count). The number of fused-ring (bicyclic) bond motifs is 1. The third-order valence-corrected chi connectivity index (χ3v) is 4.64. The Labute approximate surface area is 138 Å². The molecule has 0 aromatic heterocycles. The van der Waals surface area contributed by atoms with Gasteiger partial charge in [-0.25, -0.2) is 0 Å². The Bertz CT molecular complexity index is 709. The highest BCUT2D eigenvalue weighted by atomic mass is 16.5. The van der Waals surface area contributed by atoms with Gasteiger partial charge in [0, 0.05) is 12.1 Å². The van der Waals surface area contributed by atoms with E-state index in [9.17, 15) is 0 Å². The van der Waals surface area contributed by atoms with Crippen LogP contribution in [0.4, 0.5) is 0 Å². The molecule has 0 radical (unpaired) electrons. The van der Waals surface area contributed by atoms with Crippen molar-refractivity contribution in [1.29, 1.82) is 0 Å². The van der Waals surface area contributed by atoms with Crippen molar-refractivity contribution in [2.75, 3.05) is 20.3 Å². The molecular weight excluding hydrogens is 286 g/mol. The molecule has 0 aliphatic carbocycles. The van der Waals surface area contributed by atoms with Crippen LogP contribution in [0.25, 0.3) is 0 Å². The molecule has 0 spiro atoms. The first-order valence-corrected chi connectivity index (χ1v) is 8.28. The number of nitrogens with one attached hydrogen (secondary N) is 1. The number of rotatable bonds is 4. The summed E-state index contributed by atoms with van der Waals surface area (Å²) in [6.45, 7) is 7.97. The lowest BCUT2D eigenvalue weighted by Gasteiger charge is -2.29. The first-order valence-electron chi connectivity index (χ1n) is 8.28. The van der Waals surface area contributed by atoms with Crippen molar-refractivity contribution in [2.24, 2.45) is 0 Å². The monoisotopic (exact) mass is 311 g/mol. The van der Waals surface area contributed by atoms with Gasteiger partial charge in [-0.15, -0.1) is 0 Å². The third-order valence-electron chi connectivity index (χ3n) is 4.64. The Hall–Kier alpha value is -2.00. The molecule has 0 bridgehead atoms. The van der Waals surface area contributed by atoms with E-state index in [1.807, 2.05) is 13.0 Å². The van der Waals surface area contributed by atoms with E-state index in [0.29, 0.717) is 6.61 Å². The van der Waals surface area contributed by atoms with E-state index < -0.39 is 0 Å². The molecule has 2 aromatic rings. The summed E-state index contributed by atoms with van der Waals surface area (Å²) in [5.74, 6) is 1.91. The van der Waals surface area contributed by atoms with Crippen LogP contribution >= 0.6 is 0 Å². The molecule has 0 fully saturated rings. The number of aryl methyl sites for hydroxylation is 2. The third kappa shape index (κ3) is 3.06. The van der Waals surface area contributed by atoms with Gasteiger partial charge in [-0.2, -0.15) is 0 Å². The zero-order valence-electron chi connectivity index (χ0n) is 14.4. The van der Waals surface area contributed by atoms with Gasteiger partial charge in [-0.3, -0.25) is 0 Å². The van der Waals surface area contributed by atoms with E-state index in [1.165, 1.54) is 27.8 Å². The summed E-state index contributed by atoms with van der Waals surface area (Å²) in [6.07, 6.45) is 1.03.